The third-order valence-corrected chi connectivity index (χ3v) is 2.75. The van der Waals surface area contributed by atoms with Crippen LogP contribution in [0.3, 0.4) is 0 Å². The maximum Gasteiger partial charge on any atom is 0.224 e. The minimum atomic E-state index is -0.0155. The molecular formula is C13H18N2O2S. The molecule has 0 radical (unpaired) electrons. The second-order valence-corrected chi connectivity index (χ2v) is 4.37. The van der Waals surface area contributed by atoms with E-state index in [2.05, 4.69) is 5.32 Å². The average molecular weight is 266 g/mol. The Labute approximate surface area is 113 Å². The standard InChI is InChI=1S/C13H18N2O2S/c1-3-4-5-12(16)15-10-7-6-9(13(14)18)8-11(10)17-2/h6-8H,3-5H2,1-2H3,(H2,14,18)(H,15,16). The van der Waals surface area contributed by atoms with E-state index in [9.17, 15) is 4.79 Å². The quantitative estimate of drug-likeness (QED) is 0.776. The number of rotatable bonds is 6. The molecule has 0 unspecified atom stereocenters. The van der Waals surface area contributed by atoms with Crippen molar-refractivity contribution >= 4 is 28.8 Å². The lowest BCUT2D eigenvalue weighted by Gasteiger charge is -2.11. The number of thiocarbonyl (C=S) groups is 1. The number of nitrogens with one attached hydrogen (secondary N) is 1. The van der Waals surface area contributed by atoms with Crippen molar-refractivity contribution in [2.75, 3.05) is 12.4 Å². The van der Waals surface area contributed by atoms with Crippen molar-refractivity contribution in [3.63, 3.8) is 0 Å². The summed E-state index contributed by atoms with van der Waals surface area (Å²) in [5.74, 6) is 0.545. The van der Waals surface area contributed by atoms with Gasteiger partial charge in [-0.2, -0.15) is 0 Å². The van der Waals surface area contributed by atoms with Crippen LogP contribution in [0.2, 0.25) is 0 Å². The molecule has 4 nitrogen and oxygen atoms in total. The molecule has 0 bridgehead atoms. The van der Waals surface area contributed by atoms with Crippen LogP contribution in [-0.2, 0) is 4.79 Å². The Hall–Kier alpha value is -1.62. The first-order valence-electron chi connectivity index (χ1n) is 5.86. The highest BCUT2D eigenvalue weighted by Crippen LogP contribution is 2.25. The maximum absolute atomic E-state index is 11.6. The predicted molar refractivity (Wildman–Crippen MR) is 77.0 cm³/mol. The van der Waals surface area contributed by atoms with Crippen LogP contribution >= 0.6 is 12.2 Å². The Kier molecular flexibility index (Phi) is 5.58. The highest BCUT2D eigenvalue weighted by Gasteiger charge is 2.09. The van der Waals surface area contributed by atoms with Crippen molar-refractivity contribution in [1.82, 2.24) is 0 Å². The number of methoxy groups -OCH3 is 1. The van der Waals surface area contributed by atoms with Gasteiger partial charge in [-0.05, 0) is 24.6 Å². The summed E-state index contributed by atoms with van der Waals surface area (Å²) in [6.45, 7) is 2.05. The first-order valence-corrected chi connectivity index (χ1v) is 6.27. The normalized spacial score (nSPS) is 9.89. The molecular weight excluding hydrogens is 248 g/mol. The van der Waals surface area contributed by atoms with E-state index in [1.54, 1.807) is 25.3 Å². The summed E-state index contributed by atoms with van der Waals surface area (Å²) in [4.78, 5) is 11.9. The highest BCUT2D eigenvalue weighted by atomic mass is 32.1. The molecule has 0 atom stereocenters. The smallest absolute Gasteiger partial charge is 0.224 e. The Bertz CT molecular complexity index is 447. The highest BCUT2D eigenvalue weighted by molar-refractivity contribution is 7.80. The fraction of sp³-hybridized carbons (Fsp3) is 0.385. The number of unbranched alkanes of at least 4 members (excludes halogenated alkanes) is 1. The molecule has 98 valence electrons. The third-order valence-electron chi connectivity index (χ3n) is 2.52. The van der Waals surface area contributed by atoms with E-state index in [4.69, 9.17) is 22.7 Å². The summed E-state index contributed by atoms with van der Waals surface area (Å²) in [6, 6.07) is 5.23. The average Bonchev–Trinajstić information content (AvgIpc) is 2.36. The zero-order valence-electron chi connectivity index (χ0n) is 10.7. The molecule has 0 spiro atoms. The van der Waals surface area contributed by atoms with Crippen LogP contribution in [-0.4, -0.2) is 18.0 Å². The predicted octanol–water partition coefficient (Wildman–Crippen LogP) is 2.46. The zero-order chi connectivity index (χ0) is 13.5. The summed E-state index contributed by atoms with van der Waals surface area (Å²) < 4.78 is 5.21. The minimum absolute atomic E-state index is 0.0155. The number of nitrogens with two attached hydrogens (primary N) is 1. The Morgan fingerprint density at radius 1 is 1.50 bits per heavy atom. The van der Waals surface area contributed by atoms with Crippen LogP contribution in [0.5, 0.6) is 5.75 Å². The number of benzene rings is 1. The fourth-order valence-corrected chi connectivity index (χ4v) is 1.62. The monoisotopic (exact) mass is 266 g/mol. The van der Waals surface area contributed by atoms with Gasteiger partial charge in [-0.15, -0.1) is 0 Å². The second-order valence-electron chi connectivity index (χ2n) is 3.93. The van der Waals surface area contributed by atoms with E-state index < -0.39 is 0 Å². The molecule has 0 saturated heterocycles. The van der Waals surface area contributed by atoms with Gasteiger partial charge in [0.25, 0.3) is 0 Å². The van der Waals surface area contributed by atoms with E-state index in [1.165, 1.54) is 0 Å². The molecule has 3 N–H and O–H groups in total. The lowest BCUT2D eigenvalue weighted by molar-refractivity contribution is -0.116. The summed E-state index contributed by atoms with van der Waals surface area (Å²) in [5.41, 5.74) is 6.90. The van der Waals surface area contributed by atoms with Crippen molar-refractivity contribution in [3.8, 4) is 5.75 Å². The van der Waals surface area contributed by atoms with Crippen molar-refractivity contribution < 1.29 is 9.53 Å². The largest absolute Gasteiger partial charge is 0.495 e. The Morgan fingerprint density at radius 2 is 2.22 bits per heavy atom. The van der Waals surface area contributed by atoms with Crippen LogP contribution in [0.25, 0.3) is 0 Å². The molecule has 1 amide bonds. The number of carbonyl (C=O) groups is 1. The summed E-state index contributed by atoms with van der Waals surface area (Å²) >= 11 is 4.89. The number of amides is 1. The van der Waals surface area contributed by atoms with Gasteiger partial charge in [0.2, 0.25) is 5.91 Å². The third kappa shape index (κ3) is 4.00. The van der Waals surface area contributed by atoms with Gasteiger partial charge < -0.3 is 15.8 Å². The number of carbonyl (C=O) groups excluding carboxylic acids is 1. The summed E-state index contributed by atoms with van der Waals surface area (Å²) in [6.07, 6.45) is 2.38. The topological polar surface area (TPSA) is 64.4 Å². The fourth-order valence-electron chi connectivity index (χ4n) is 1.50. The number of hydrogen-bond acceptors (Lipinski definition) is 3. The van der Waals surface area contributed by atoms with Gasteiger partial charge in [0.1, 0.15) is 10.7 Å². The molecule has 5 heteroatoms. The van der Waals surface area contributed by atoms with E-state index >= 15 is 0 Å². The lowest BCUT2D eigenvalue weighted by Crippen LogP contribution is -2.13. The van der Waals surface area contributed by atoms with Crippen LogP contribution < -0.4 is 15.8 Å². The van der Waals surface area contributed by atoms with Crippen LogP contribution in [0.1, 0.15) is 31.7 Å². The van der Waals surface area contributed by atoms with Crippen LogP contribution in [0.15, 0.2) is 18.2 Å². The minimum Gasteiger partial charge on any atom is -0.495 e. The van der Waals surface area contributed by atoms with Crippen molar-refractivity contribution in [1.29, 1.82) is 0 Å². The molecule has 0 heterocycles. The number of anilines is 1. The molecule has 0 fully saturated rings. The number of hydrogen-bond donors (Lipinski definition) is 2. The van der Waals surface area contributed by atoms with Gasteiger partial charge in [0, 0.05) is 12.0 Å². The molecule has 0 aliphatic rings. The van der Waals surface area contributed by atoms with E-state index in [-0.39, 0.29) is 5.91 Å². The lowest BCUT2D eigenvalue weighted by atomic mass is 10.1. The molecule has 1 aromatic carbocycles. The zero-order valence-corrected chi connectivity index (χ0v) is 11.5. The van der Waals surface area contributed by atoms with E-state index in [1.807, 2.05) is 6.92 Å². The first-order chi connectivity index (χ1) is 8.58. The second kappa shape index (κ2) is 6.96. The maximum atomic E-state index is 11.6. The van der Waals surface area contributed by atoms with Crippen molar-refractivity contribution in [2.24, 2.45) is 5.73 Å². The molecule has 18 heavy (non-hydrogen) atoms. The van der Waals surface area contributed by atoms with E-state index in [0.29, 0.717) is 28.4 Å². The van der Waals surface area contributed by atoms with E-state index in [0.717, 1.165) is 12.8 Å². The van der Waals surface area contributed by atoms with Gasteiger partial charge in [-0.3, -0.25) is 4.79 Å². The van der Waals surface area contributed by atoms with Crippen LogP contribution in [0, 0.1) is 0 Å². The van der Waals surface area contributed by atoms with Gasteiger partial charge in [-0.1, -0.05) is 25.6 Å². The van der Waals surface area contributed by atoms with Crippen molar-refractivity contribution in [2.45, 2.75) is 26.2 Å². The first kappa shape index (κ1) is 14.4. The van der Waals surface area contributed by atoms with Gasteiger partial charge >= 0.3 is 0 Å². The van der Waals surface area contributed by atoms with Gasteiger partial charge in [0.05, 0.1) is 12.8 Å². The number of ether oxygens (including phenoxy) is 1. The van der Waals surface area contributed by atoms with Gasteiger partial charge in [0.15, 0.2) is 0 Å². The molecule has 0 saturated carbocycles. The summed E-state index contributed by atoms with van der Waals surface area (Å²) in [5, 5.41) is 2.81. The molecule has 1 rings (SSSR count). The Morgan fingerprint density at radius 3 is 2.78 bits per heavy atom. The van der Waals surface area contributed by atoms with Crippen LogP contribution in [0.4, 0.5) is 5.69 Å². The Balaban J connectivity index is 2.82. The van der Waals surface area contributed by atoms with Crippen molar-refractivity contribution in [3.05, 3.63) is 23.8 Å². The molecule has 1 aromatic rings. The SMILES string of the molecule is CCCCC(=O)Nc1ccc(C(N)=S)cc1OC. The molecule has 0 aliphatic heterocycles. The van der Waals surface area contributed by atoms with Gasteiger partial charge in [-0.25, -0.2) is 0 Å². The molecule has 0 aliphatic carbocycles. The summed E-state index contributed by atoms with van der Waals surface area (Å²) in [7, 11) is 1.54. The molecule has 0 aromatic heterocycles.